The van der Waals surface area contributed by atoms with Gasteiger partial charge in [-0.05, 0) is 19.4 Å². The van der Waals surface area contributed by atoms with Crippen LogP contribution >= 0.6 is 0 Å². The van der Waals surface area contributed by atoms with Crippen LogP contribution in [0, 0.1) is 6.92 Å². The Hall–Kier alpha value is -2.70. The van der Waals surface area contributed by atoms with Gasteiger partial charge in [0.25, 0.3) is 0 Å². The molecular formula is C17H23N5O2. The van der Waals surface area contributed by atoms with Crippen LogP contribution in [0.2, 0.25) is 0 Å². The Morgan fingerprint density at radius 1 is 1.25 bits per heavy atom. The highest BCUT2D eigenvalue weighted by molar-refractivity contribution is 5.79. The number of aryl methyl sites for hydroxylation is 2. The van der Waals surface area contributed by atoms with Gasteiger partial charge in [-0.25, -0.2) is 0 Å². The van der Waals surface area contributed by atoms with Gasteiger partial charge < -0.3 is 15.2 Å². The zero-order chi connectivity index (χ0) is 17.5. The van der Waals surface area contributed by atoms with E-state index in [4.69, 9.17) is 0 Å². The lowest BCUT2D eigenvalue weighted by atomic mass is 10.0. The predicted molar refractivity (Wildman–Crippen MR) is 89.9 cm³/mol. The predicted octanol–water partition coefficient (Wildman–Crippen LogP) is 1.49. The van der Waals surface area contributed by atoms with Crippen molar-refractivity contribution in [2.24, 2.45) is 0 Å². The van der Waals surface area contributed by atoms with Gasteiger partial charge in [0.15, 0.2) is 5.82 Å². The fourth-order valence-electron chi connectivity index (χ4n) is 2.41. The molecule has 0 radical (unpaired) electrons. The van der Waals surface area contributed by atoms with Crippen LogP contribution < -0.4 is 10.6 Å². The molecule has 24 heavy (non-hydrogen) atoms. The highest BCUT2D eigenvalue weighted by Crippen LogP contribution is 2.17. The van der Waals surface area contributed by atoms with Crippen molar-refractivity contribution in [3.63, 3.8) is 0 Å². The maximum absolute atomic E-state index is 12.3. The number of hydrogen-bond acceptors (Lipinski definition) is 4. The van der Waals surface area contributed by atoms with E-state index in [1.54, 1.807) is 6.33 Å². The van der Waals surface area contributed by atoms with E-state index in [-0.39, 0.29) is 24.3 Å². The maximum atomic E-state index is 12.3. The van der Waals surface area contributed by atoms with Gasteiger partial charge in [-0.2, -0.15) is 0 Å². The van der Waals surface area contributed by atoms with Crippen molar-refractivity contribution >= 4 is 11.8 Å². The average Bonchev–Trinajstić information content (AvgIpc) is 3.00. The third-order valence-corrected chi connectivity index (χ3v) is 3.73. The Balaban J connectivity index is 1.99. The Bertz CT molecular complexity index is 693. The topological polar surface area (TPSA) is 88.9 Å². The molecular weight excluding hydrogens is 306 g/mol. The van der Waals surface area contributed by atoms with E-state index < -0.39 is 0 Å². The maximum Gasteiger partial charge on any atom is 0.222 e. The number of nitrogens with one attached hydrogen (secondary N) is 2. The molecule has 7 nitrogen and oxygen atoms in total. The normalized spacial score (nSPS) is 11.8. The van der Waals surface area contributed by atoms with Crippen molar-refractivity contribution in [1.29, 1.82) is 0 Å². The second-order valence-corrected chi connectivity index (χ2v) is 5.68. The minimum absolute atomic E-state index is 0.153. The van der Waals surface area contributed by atoms with E-state index in [0.29, 0.717) is 12.4 Å². The van der Waals surface area contributed by atoms with Gasteiger partial charge in [-0.15, -0.1) is 10.2 Å². The Morgan fingerprint density at radius 3 is 2.58 bits per heavy atom. The molecule has 0 saturated heterocycles. The third kappa shape index (κ3) is 4.91. The molecule has 1 aromatic carbocycles. The third-order valence-electron chi connectivity index (χ3n) is 3.73. The van der Waals surface area contributed by atoms with Crippen molar-refractivity contribution in [2.75, 3.05) is 0 Å². The van der Waals surface area contributed by atoms with Gasteiger partial charge in [-0.1, -0.05) is 29.8 Å². The van der Waals surface area contributed by atoms with Crippen molar-refractivity contribution in [3.05, 3.63) is 47.5 Å². The fourth-order valence-corrected chi connectivity index (χ4v) is 2.41. The summed E-state index contributed by atoms with van der Waals surface area (Å²) < 4.78 is 1.87. The van der Waals surface area contributed by atoms with Gasteiger partial charge in [0.05, 0.1) is 19.0 Å². The number of hydrogen-bond donors (Lipinski definition) is 2. The Morgan fingerprint density at radius 2 is 1.96 bits per heavy atom. The first-order chi connectivity index (χ1) is 11.5. The molecule has 0 aliphatic carbocycles. The van der Waals surface area contributed by atoms with Crippen LogP contribution in [0.1, 0.15) is 43.3 Å². The number of aromatic nitrogens is 3. The van der Waals surface area contributed by atoms with Crippen LogP contribution in [0.25, 0.3) is 0 Å². The van der Waals surface area contributed by atoms with E-state index in [2.05, 4.69) is 20.8 Å². The number of benzene rings is 1. The standard InChI is InChI=1S/C17H23N5O2/c1-4-22-11-19-21-16(22)10-18-17(24)9-15(20-13(3)23)14-7-5-12(2)6-8-14/h5-8,11,15H,4,9-10H2,1-3H3,(H,18,24)(H,20,23)/t15-/m1/s1. The summed E-state index contributed by atoms with van der Waals surface area (Å²) in [5, 5.41) is 13.5. The zero-order valence-corrected chi connectivity index (χ0v) is 14.2. The molecule has 128 valence electrons. The quantitative estimate of drug-likeness (QED) is 0.805. The molecule has 2 N–H and O–H groups in total. The molecule has 0 fully saturated rings. The fraction of sp³-hybridized carbons (Fsp3) is 0.412. The van der Waals surface area contributed by atoms with Crippen molar-refractivity contribution < 1.29 is 9.59 Å². The lowest BCUT2D eigenvalue weighted by Gasteiger charge is -2.18. The summed E-state index contributed by atoms with van der Waals surface area (Å²) in [6, 6.07) is 7.43. The van der Waals surface area contributed by atoms with E-state index in [9.17, 15) is 9.59 Å². The van der Waals surface area contributed by atoms with Gasteiger partial charge in [0, 0.05) is 13.5 Å². The highest BCUT2D eigenvalue weighted by Gasteiger charge is 2.17. The molecule has 2 rings (SSSR count). The average molecular weight is 329 g/mol. The molecule has 2 aromatic rings. The SMILES string of the molecule is CCn1cnnc1CNC(=O)C[C@@H](NC(C)=O)c1ccc(C)cc1. The molecule has 0 aliphatic heterocycles. The molecule has 2 amide bonds. The summed E-state index contributed by atoms with van der Waals surface area (Å²) in [6.07, 6.45) is 1.80. The van der Waals surface area contributed by atoms with Crippen molar-refractivity contribution in [3.8, 4) is 0 Å². The minimum atomic E-state index is -0.354. The minimum Gasteiger partial charge on any atom is -0.349 e. The van der Waals surface area contributed by atoms with Crippen LogP contribution in [0.15, 0.2) is 30.6 Å². The first-order valence-electron chi connectivity index (χ1n) is 7.96. The van der Waals surface area contributed by atoms with Crippen molar-refractivity contribution in [1.82, 2.24) is 25.4 Å². The summed E-state index contributed by atoms with van der Waals surface area (Å²) in [4.78, 5) is 23.7. The summed E-state index contributed by atoms with van der Waals surface area (Å²) >= 11 is 0. The Kier molecular flexibility index (Phi) is 6.06. The number of carbonyl (C=O) groups is 2. The van der Waals surface area contributed by atoms with Crippen molar-refractivity contribution in [2.45, 2.75) is 46.3 Å². The molecule has 0 saturated carbocycles. The van der Waals surface area contributed by atoms with Crippen LogP contribution in [-0.2, 0) is 22.7 Å². The number of nitrogens with zero attached hydrogens (tertiary/aromatic N) is 3. The second kappa shape index (κ2) is 8.24. The summed E-state index contributed by atoms with van der Waals surface area (Å²) in [5.74, 6) is 0.386. The van der Waals surface area contributed by atoms with Gasteiger partial charge >= 0.3 is 0 Å². The first kappa shape index (κ1) is 17.7. The largest absolute Gasteiger partial charge is 0.349 e. The van der Waals surface area contributed by atoms with Crippen LogP contribution in [0.5, 0.6) is 0 Å². The van der Waals surface area contributed by atoms with Gasteiger partial charge in [-0.3, -0.25) is 9.59 Å². The second-order valence-electron chi connectivity index (χ2n) is 5.68. The van der Waals surface area contributed by atoms with E-state index in [1.807, 2.05) is 42.7 Å². The van der Waals surface area contributed by atoms with Crippen LogP contribution in [0.3, 0.4) is 0 Å². The number of amides is 2. The molecule has 0 bridgehead atoms. The molecule has 1 atom stereocenters. The smallest absolute Gasteiger partial charge is 0.222 e. The number of carbonyl (C=O) groups excluding carboxylic acids is 2. The molecule has 0 aliphatic rings. The Labute approximate surface area is 141 Å². The molecule has 0 unspecified atom stereocenters. The van der Waals surface area contributed by atoms with E-state index in [1.165, 1.54) is 6.92 Å². The molecule has 0 spiro atoms. The number of rotatable bonds is 7. The van der Waals surface area contributed by atoms with Gasteiger partial charge in [0.2, 0.25) is 11.8 Å². The van der Waals surface area contributed by atoms with E-state index >= 15 is 0 Å². The van der Waals surface area contributed by atoms with Crippen LogP contribution in [-0.4, -0.2) is 26.6 Å². The first-order valence-corrected chi connectivity index (χ1v) is 7.96. The molecule has 1 aromatic heterocycles. The lowest BCUT2D eigenvalue weighted by Crippen LogP contribution is -2.32. The molecule has 1 heterocycles. The zero-order valence-electron chi connectivity index (χ0n) is 14.2. The van der Waals surface area contributed by atoms with Gasteiger partial charge in [0.1, 0.15) is 6.33 Å². The molecule has 7 heteroatoms. The summed E-state index contributed by atoms with van der Waals surface area (Å²) in [7, 11) is 0. The lowest BCUT2D eigenvalue weighted by molar-refractivity contribution is -0.123. The highest BCUT2D eigenvalue weighted by atomic mass is 16.2. The van der Waals surface area contributed by atoms with Crippen LogP contribution in [0.4, 0.5) is 0 Å². The summed E-state index contributed by atoms with van der Waals surface area (Å²) in [6.45, 7) is 6.49. The van der Waals surface area contributed by atoms with E-state index in [0.717, 1.165) is 17.7 Å². The monoisotopic (exact) mass is 329 g/mol. The summed E-state index contributed by atoms with van der Waals surface area (Å²) in [5.41, 5.74) is 2.03.